The summed E-state index contributed by atoms with van der Waals surface area (Å²) in [6.07, 6.45) is 4.14. The molecule has 2 aliphatic carbocycles. The Balaban J connectivity index is 0. The first-order chi connectivity index (χ1) is 8.07. The van der Waals surface area contributed by atoms with Crippen LogP contribution in [-0.2, 0) is 10.1 Å². The molecular formula is C12H27N2NaO3S. The molecule has 0 aromatic heterocycles. The van der Waals surface area contributed by atoms with Crippen LogP contribution in [0.1, 0.15) is 41.5 Å². The predicted octanol–water partition coefficient (Wildman–Crippen LogP) is -1.88. The maximum absolute atomic E-state index is 10.2. The summed E-state index contributed by atoms with van der Waals surface area (Å²) in [7, 11) is -3.81. The largest absolute Gasteiger partial charge is 1.00 e. The fourth-order valence-corrected chi connectivity index (χ4v) is 2.68. The van der Waals surface area contributed by atoms with E-state index in [-0.39, 0.29) is 48.8 Å². The van der Waals surface area contributed by atoms with Crippen molar-refractivity contribution in [1.82, 2.24) is 5.32 Å². The van der Waals surface area contributed by atoms with Crippen molar-refractivity contribution in [2.45, 2.75) is 51.6 Å². The summed E-state index contributed by atoms with van der Waals surface area (Å²) in [5, 5.41) is 2.94. The summed E-state index contributed by atoms with van der Waals surface area (Å²) < 4.78 is 28.8. The molecule has 4 N–H and O–H groups in total. The first kappa shape index (κ1) is 19.8. The molecule has 7 heteroatoms. The number of rotatable bonds is 3. The molecule has 0 aromatic rings. The van der Waals surface area contributed by atoms with E-state index in [1.807, 2.05) is 20.8 Å². The third kappa shape index (κ3) is 10.2. The van der Waals surface area contributed by atoms with Gasteiger partial charge < -0.3 is 12.5 Å². The smallest absolute Gasteiger partial charge is 1.00 e. The van der Waals surface area contributed by atoms with Gasteiger partial charge >= 0.3 is 29.6 Å². The summed E-state index contributed by atoms with van der Waals surface area (Å²) >= 11 is 0. The minimum Gasteiger partial charge on any atom is -1.00 e. The van der Waals surface area contributed by atoms with Crippen molar-refractivity contribution in [3.63, 3.8) is 0 Å². The van der Waals surface area contributed by atoms with Gasteiger partial charge in [0.15, 0.2) is 0 Å². The fraction of sp³-hybridized carbons (Fsp3) is 1.00. The van der Waals surface area contributed by atoms with E-state index in [2.05, 4.69) is 5.32 Å². The Bertz CT molecular complexity index is 363. The van der Waals surface area contributed by atoms with Gasteiger partial charge in [-0.25, -0.2) is 0 Å². The average molecular weight is 302 g/mol. The van der Waals surface area contributed by atoms with Crippen LogP contribution < -0.4 is 40.6 Å². The van der Waals surface area contributed by atoms with Crippen LogP contribution >= 0.6 is 0 Å². The van der Waals surface area contributed by atoms with Gasteiger partial charge in [-0.2, -0.15) is 8.42 Å². The molecular weight excluding hydrogens is 275 g/mol. The van der Waals surface area contributed by atoms with E-state index in [0.717, 1.165) is 11.8 Å². The van der Waals surface area contributed by atoms with E-state index in [1.165, 1.54) is 19.3 Å². The van der Waals surface area contributed by atoms with E-state index in [4.69, 9.17) is 10.3 Å². The molecule has 5 nitrogen and oxygen atoms in total. The van der Waals surface area contributed by atoms with Crippen LogP contribution in [0.5, 0.6) is 0 Å². The van der Waals surface area contributed by atoms with Gasteiger partial charge in [0.05, 0.1) is 5.75 Å². The number of nitrogens with one attached hydrogen (secondary N) is 1. The molecule has 2 atom stereocenters. The van der Waals surface area contributed by atoms with E-state index in [0.29, 0.717) is 6.04 Å². The normalized spacial score (nSPS) is 28.8. The zero-order valence-electron chi connectivity index (χ0n) is 13.5. The number of hydrogen-bond acceptors (Lipinski definition) is 4. The van der Waals surface area contributed by atoms with Gasteiger partial charge in [0, 0.05) is 18.1 Å². The molecule has 2 rings (SSSR count). The van der Waals surface area contributed by atoms with Gasteiger partial charge in [0.2, 0.25) is 0 Å². The van der Waals surface area contributed by atoms with Gasteiger partial charge in [-0.3, -0.25) is 4.55 Å². The third-order valence-corrected chi connectivity index (χ3v) is 4.02. The molecule has 0 heterocycles. The minimum atomic E-state index is -3.81. The SMILES string of the molecule is CC(C)(C)NCCS(=O)(=O)O.NC1CC2CC2C1.[H-].[Na+]. The average Bonchev–Trinajstić information content (AvgIpc) is 2.70. The van der Waals surface area contributed by atoms with E-state index in [1.54, 1.807) is 0 Å². The molecule has 2 unspecified atom stereocenters. The summed E-state index contributed by atoms with van der Waals surface area (Å²) in [5.41, 5.74) is 5.55. The van der Waals surface area contributed by atoms with Crippen molar-refractivity contribution in [3.05, 3.63) is 0 Å². The Labute approximate surface area is 140 Å². The van der Waals surface area contributed by atoms with Crippen LogP contribution in [0.15, 0.2) is 0 Å². The van der Waals surface area contributed by atoms with Crippen molar-refractivity contribution in [1.29, 1.82) is 0 Å². The van der Waals surface area contributed by atoms with Crippen LogP contribution in [-0.4, -0.2) is 36.8 Å². The Morgan fingerprint density at radius 2 is 1.74 bits per heavy atom. The van der Waals surface area contributed by atoms with Crippen LogP contribution in [0, 0.1) is 11.8 Å². The Kier molecular flexibility index (Phi) is 8.07. The predicted molar refractivity (Wildman–Crippen MR) is 74.1 cm³/mol. The molecule has 19 heavy (non-hydrogen) atoms. The molecule has 0 amide bonds. The zero-order chi connectivity index (χ0) is 14.0. The van der Waals surface area contributed by atoms with Crippen molar-refractivity contribution < 1.29 is 44.0 Å². The summed E-state index contributed by atoms with van der Waals surface area (Å²) in [5.74, 6) is 1.90. The van der Waals surface area contributed by atoms with E-state index in [9.17, 15) is 8.42 Å². The molecule has 0 aliphatic heterocycles. The topological polar surface area (TPSA) is 92.4 Å². The third-order valence-electron chi connectivity index (χ3n) is 3.30. The Hall–Kier alpha value is 0.830. The van der Waals surface area contributed by atoms with E-state index >= 15 is 0 Å². The quantitative estimate of drug-likeness (QED) is 0.419. The second kappa shape index (κ2) is 7.73. The first-order valence-electron chi connectivity index (χ1n) is 6.52. The van der Waals surface area contributed by atoms with Gasteiger partial charge in [0.25, 0.3) is 10.1 Å². The molecule has 110 valence electrons. The molecule has 2 aliphatic rings. The van der Waals surface area contributed by atoms with Crippen molar-refractivity contribution in [3.8, 4) is 0 Å². The van der Waals surface area contributed by atoms with Gasteiger partial charge in [-0.1, -0.05) is 0 Å². The summed E-state index contributed by atoms with van der Waals surface area (Å²) in [6, 6.07) is 0.573. The molecule has 2 saturated carbocycles. The first-order valence-corrected chi connectivity index (χ1v) is 8.13. The number of hydrogen-bond donors (Lipinski definition) is 3. The van der Waals surface area contributed by atoms with Crippen molar-refractivity contribution >= 4 is 10.1 Å². The van der Waals surface area contributed by atoms with Crippen LogP contribution in [0.2, 0.25) is 0 Å². The molecule has 0 radical (unpaired) electrons. The Morgan fingerprint density at radius 3 is 2.00 bits per heavy atom. The number of fused-ring (bicyclic) bond motifs is 1. The zero-order valence-corrected chi connectivity index (χ0v) is 15.3. The monoisotopic (exact) mass is 302 g/mol. The number of nitrogens with two attached hydrogens (primary N) is 1. The standard InChI is InChI=1S/C6H15NO3S.C6H11N.Na.H/c1-6(2,3)7-4-5-11(8,9)10;7-6-2-4-1-5(4)3-6;;/h7H,4-5H2,1-3H3,(H,8,9,10);4-6H,1-3,7H2;;/q;;+1;-1. The van der Waals surface area contributed by atoms with Gasteiger partial charge in [0.1, 0.15) is 0 Å². The molecule has 0 aromatic carbocycles. The van der Waals surface area contributed by atoms with Crippen molar-refractivity contribution in [2.75, 3.05) is 12.3 Å². The molecule has 0 spiro atoms. The van der Waals surface area contributed by atoms with Crippen molar-refractivity contribution in [2.24, 2.45) is 17.6 Å². The van der Waals surface area contributed by atoms with Gasteiger partial charge in [-0.15, -0.1) is 0 Å². The second-order valence-electron chi connectivity index (χ2n) is 6.45. The van der Waals surface area contributed by atoms with Crippen LogP contribution in [0.4, 0.5) is 0 Å². The fourth-order valence-electron chi connectivity index (χ4n) is 2.32. The Morgan fingerprint density at radius 1 is 1.26 bits per heavy atom. The summed E-state index contributed by atoms with van der Waals surface area (Å²) in [6.45, 7) is 6.06. The summed E-state index contributed by atoms with van der Waals surface area (Å²) in [4.78, 5) is 0. The van der Waals surface area contributed by atoms with Crippen LogP contribution in [0.25, 0.3) is 0 Å². The van der Waals surface area contributed by atoms with Gasteiger partial charge in [-0.05, 0) is 51.9 Å². The van der Waals surface area contributed by atoms with E-state index < -0.39 is 10.1 Å². The minimum absolute atomic E-state index is 0. The maximum Gasteiger partial charge on any atom is 1.00 e. The molecule has 0 bridgehead atoms. The maximum atomic E-state index is 10.2. The molecule has 2 fully saturated rings. The second-order valence-corrected chi connectivity index (χ2v) is 8.02. The van der Waals surface area contributed by atoms with Crippen LogP contribution in [0.3, 0.4) is 0 Å². The molecule has 0 saturated heterocycles.